The van der Waals surface area contributed by atoms with E-state index in [1.54, 1.807) is 18.3 Å². The van der Waals surface area contributed by atoms with Crippen LogP contribution in [0, 0.1) is 0 Å². The minimum absolute atomic E-state index is 0.0712. The first-order chi connectivity index (χ1) is 10.5. The Morgan fingerprint density at radius 2 is 2.14 bits per heavy atom. The van der Waals surface area contributed by atoms with E-state index in [2.05, 4.69) is 15.3 Å². The number of nitrogens with one attached hydrogen (secondary N) is 1. The minimum atomic E-state index is -0.0901. The van der Waals surface area contributed by atoms with Gasteiger partial charge in [-0.1, -0.05) is 17.7 Å². The van der Waals surface area contributed by atoms with Crippen molar-refractivity contribution in [3.63, 3.8) is 0 Å². The van der Waals surface area contributed by atoms with E-state index in [4.69, 9.17) is 16.0 Å². The standard InChI is InChI=1S/C16H14ClN3O2/c1-9(19-10(2)21)11-3-5-13-14(7-11)22-16(20-13)12-4-6-15(17)18-8-12/h3-9H,1-2H3,(H,19,21)/t9-/m1/s1. The van der Waals surface area contributed by atoms with Crippen molar-refractivity contribution >= 4 is 28.6 Å². The monoisotopic (exact) mass is 315 g/mol. The number of carbonyl (C=O) groups excluding carboxylic acids is 1. The summed E-state index contributed by atoms with van der Waals surface area (Å²) in [5, 5.41) is 3.27. The molecule has 0 saturated heterocycles. The predicted molar refractivity (Wildman–Crippen MR) is 84.5 cm³/mol. The van der Waals surface area contributed by atoms with Gasteiger partial charge in [0.15, 0.2) is 5.58 Å². The summed E-state index contributed by atoms with van der Waals surface area (Å²) in [7, 11) is 0. The molecule has 112 valence electrons. The van der Waals surface area contributed by atoms with Crippen molar-refractivity contribution < 1.29 is 9.21 Å². The molecule has 0 spiro atoms. The minimum Gasteiger partial charge on any atom is -0.436 e. The maximum Gasteiger partial charge on any atom is 0.228 e. The molecule has 1 N–H and O–H groups in total. The molecule has 6 heteroatoms. The maximum absolute atomic E-state index is 11.1. The van der Waals surface area contributed by atoms with Crippen LogP contribution in [0.1, 0.15) is 25.5 Å². The Kier molecular flexibility index (Phi) is 3.81. The summed E-state index contributed by atoms with van der Waals surface area (Å²) < 4.78 is 5.78. The average molecular weight is 316 g/mol. The van der Waals surface area contributed by atoms with E-state index < -0.39 is 0 Å². The largest absolute Gasteiger partial charge is 0.436 e. The molecule has 1 amide bonds. The zero-order valence-electron chi connectivity index (χ0n) is 12.1. The summed E-state index contributed by atoms with van der Waals surface area (Å²) in [6, 6.07) is 9.09. The van der Waals surface area contributed by atoms with E-state index in [-0.39, 0.29) is 11.9 Å². The lowest BCUT2D eigenvalue weighted by molar-refractivity contribution is -0.119. The first-order valence-corrected chi connectivity index (χ1v) is 7.20. The summed E-state index contributed by atoms with van der Waals surface area (Å²) in [5.41, 5.74) is 3.14. The van der Waals surface area contributed by atoms with Gasteiger partial charge in [0.2, 0.25) is 11.8 Å². The Morgan fingerprint density at radius 3 is 2.82 bits per heavy atom. The van der Waals surface area contributed by atoms with Crippen LogP contribution < -0.4 is 5.32 Å². The molecule has 0 radical (unpaired) electrons. The number of hydrogen-bond acceptors (Lipinski definition) is 4. The van der Waals surface area contributed by atoms with Crippen LogP contribution in [0.3, 0.4) is 0 Å². The van der Waals surface area contributed by atoms with Gasteiger partial charge in [-0.15, -0.1) is 0 Å². The van der Waals surface area contributed by atoms with Crippen LogP contribution in [0.25, 0.3) is 22.6 Å². The number of oxazole rings is 1. The molecule has 1 atom stereocenters. The van der Waals surface area contributed by atoms with Crippen LogP contribution in [-0.2, 0) is 4.79 Å². The Morgan fingerprint density at radius 1 is 1.32 bits per heavy atom. The second-order valence-corrected chi connectivity index (χ2v) is 5.43. The fourth-order valence-electron chi connectivity index (χ4n) is 2.22. The highest BCUT2D eigenvalue weighted by atomic mass is 35.5. The van der Waals surface area contributed by atoms with Crippen molar-refractivity contribution in [2.75, 3.05) is 0 Å². The lowest BCUT2D eigenvalue weighted by atomic mass is 10.1. The molecule has 1 aromatic carbocycles. The van der Waals surface area contributed by atoms with Crippen LogP contribution in [0.2, 0.25) is 5.15 Å². The number of hydrogen-bond donors (Lipinski definition) is 1. The number of carbonyl (C=O) groups is 1. The number of halogens is 1. The molecule has 0 aliphatic heterocycles. The van der Waals surface area contributed by atoms with Crippen LogP contribution >= 0.6 is 11.6 Å². The van der Waals surface area contributed by atoms with Gasteiger partial charge in [-0.05, 0) is 36.8 Å². The highest BCUT2D eigenvalue weighted by molar-refractivity contribution is 6.29. The lowest BCUT2D eigenvalue weighted by Gasteiger charge is -2.12. The lowest BCUT2D eigenvalue weighted by Crippen LogP contribution is -2.23. The number of aromatic nitrogens is 2. The van der Waals surface area contributed by atoms with Gasteiger partial charge < -0.3 is 9.73 Å². The molecule has 0 saturated carbocycles. The summed E-state index contributed by atoms with van der Waals surface area (Å²) in [4.78, 5) is 19.6. The summed E-state index contributed by atoms with van der Waals surface area (Å²) in [6.07, 6.45) is 1.62. The third-order valence-corrected chi connectivity index (χ3v) is 3.53. The number of amides is 1. The summed E-state index contributed by atoms with van der Waals surface area (Å²) in [5.74, 6) is 0.418. The van der Waals surface area contributed by atoms with E-state index in [1.165, 1.54) is 6.92 Å². The molecule has 5 nitrogen and oxygen atoms in total. The van der Waals surface area contributed by atoms with Crippen molar-refractivity contribution in [1.82, 2.24) is 15.3 Å². The third-order valence-electron chi connectivity index (χ3n) is 3.31. The number of fused-ring (bicyclic) bond motifs is 1. The van der Waals surface area contributed by atoms with Crippen molar-refractivity contribution in [1.29, 1.82) is 0 Å². The maximum atomic E-state index is 11.1. The molecule has 3 aromatic rings. The van der Waals surface area contributed by atoms with Crippen molar-refractivity contribution in [3.8, 4) is 11.5 Å². The predicted octanol–water partition coefficient (Wildman–Crippen LogP) is 3.74. The molecule has 0 unspecified atom stereocenters. The van der Waals surface area contributed by atoms with Gasteiger partial charge in [0.1, 0.15) is 10.7 Å². The molecule has 0 aliphatic carbocycles. The average Bonchev–Trinajstić information content (AvgIpc) is 2.90. The zero-order valence-corrected chi connectivity index (χ0v) is 12.9. The Hall–Kier alpha value is -2.40. The first-order valence-electron chi connectivity index (χ1n) is 6.82. The molecule has 2 aromatic heterocycles. The van der Waals surface area contributed by atoms with Gasteiger partial charge in [0.05, 0.1) is 11.6 Å². The van der Waals surface area contributed by atoms with Crippen LogP contribution in [0.4, 0.5) is 0 Å². The van der Waals surface area contributed by atoms with Crippen LogP contribution in [-0.4, -0.2) is 15.9 Å². The highest BCUT2D eigenvalue weighted by Gasteiger charge is 2.12. The van der Waals surface area contributed by atoms with Gasteiger partial charge >= 0.3 is 0 Å². The fraction of sp³-hybridized carbons (Fsp3) is 0.188. The first kappa shape index (κ1) is 14.5. The van der Waals surface area contributed by atoms with Gasteiger partial charge in [-0.25, -0.2) is 9.97 Å². The Balaban J connectivity index is 1.96. The molecule has 22 heavy (non-hydrogen) atoms. The van der Waals surface area contributed by atoms with Crippen molar-refractivity contribution in [2.45, 2.75) is 19.9 Å². The molecular weight excluding hydrogens is 302 g/mol. The highest BCUT2D eigenvalue weighted by Crippen LogP contribution is 2.26. The topological polar surface area (TPSA) is 68.0 Å². The van der Waals surface area contributed by atoms with E-state index >= 15 is 0 Å². The Labute approximate surface area is 132 Å². The number of nitrogens with zero attached hydrogens (tertiary/aromatic N) is 2. The van der Waals surface area contributed by atoms with Gasteiger partial charge in [-0.2, -0.15) is 0 Å². The molecular formula is C16H14ClN3O2. The Bertz CT molecular complexity index is 827. The summed E-state index contributed by atoms with van der Waals surface area (Å²) >= 11 is 5.78. The van der Waals surface area contributed by atoms with Gasteiger partial charge in [0.25, 0.3) is 0 Å². The second kappa shape index (κ2) is 5.77. The summed E-state index contributed by atoms with van der Waals surface area (Å²) in [6.45, 7) is 3.41. The third kappa shape index (κ3) is 2.94. The van der Waals surface area contributed by atoms with E-state index in [0.717, 1.165) is 16.6 Å². The fourth-order valence-corrected chi connectivity index (χ4v) is 2.34. The number of benzene rings is 1. The molecule has 0 aliphatic rings. The van der Waals surface area contributed by atoms with E-state index in [1.807, 2.05) is 25.1 Å². The quantitative estimate of drug-likeness (QED) is 0.748. The van der Waals surface area contributed by atoms with Gasteiger partial charge in [0, 0.05) is 13.1 Å². The SMILES string of the molecule is CC(=O)N[C@H](C)c1ccc2nc(-c3ccc(Cl)nc3)oc2c1. The smallest absolute Gasteiger partial charge is 0.228 e. The van der Waals surface area contributed by atoms with Crippen LogP contribution in [0.5, 0.6) is 0 Å². The van der Waals surface area contributed by atoms with Gasteiger partial charge in [-0.3, -0.25) is 4.79 Å². The number of pyridine rings is 1. The van der Waals surface area contributed by atoms with Crippen molar-refractivity contribution in [3.05, 3.63) is 47.2 Å². The molecule has 0 fully saturated rings. The normalized spacial score (nSPS) is 12.3. The molecule has 2 heterocycles. The van der Waals surface area contributed by atoms with Crippen LogP contribution in [0.15, 0.2) is 40.9 Å². The molecule has 3 rings (SSSR count). The zero-order chi connectivity index (χ0) is 15.7. The van der Waals surface area contributed by atoms with E-state index in [9.17, 15) is 4.79 Å². The van der Waals surface area contributed by atoms with Crippen molar-refractivity contribution in [2.24, 2.45) is 0 Å². The molecule has 0 bridgehead atoms. The second-order valence-electron chi connectivity index (χ2n) is 5.04. The van der Waals surface area contributed by atoms with E-state index in [0.29, 0.717) is 16.6 Å². The number of rotatable bonds is 3.